The van der Waals surface area contributed by atoms with Crippen molar-refractivity contribution in [1.29, 1.82) is 0 Å². The number of nitrogens with zero attached hydrogens (tertiary/aromatic N) is 1. The molecule has 0 radical (unpaired) electrons. The van der Waals surface area contributed by atoms with Crippen LogP contribution < -0.4 is 0 Å². The summed E-state index contributed by atoms with van der Waals surface area (Å²) in [6.45, 7) is 2.72. The van der Waals surface area contributed by atoms with Crippen molar-refractivity contribution in [3.8, 4) is 0 Å². The van der Waals surface area contributed by atoms with Gasteiger partial charge in [-0.1, -0.05) is 0 Å². The summed E-state index contributed by atoms with van der Waals surface area (Å²) in [7, 11) is 0. The molecule has 12 heavy (non-hydrogen) atoms. The van der Waals surface area contributed by atoms with E-state index in [2.05, 4.69) is 6.92 Å². The molecule has 0 aromatic heterocycles. The average Bonchev–Trinajstić information content (AvgIpc) is 2.29. The predicted octanol–water partition coefficient (Wildman–Crippen LogP) is 0.730. The Morgan fingerprint density at radius 2 is 2.00 bits per heavy atom. The van der Waals surface area contributed by atoms with Crippen LogP contribution in [0.25, 0.3) is 0 Å². The van der Waals surface area contributed by atoms with Crippen LogP contribution in [0.1, 0.15) is 32.6 Å². The van der Waals surface area contributed by atoms with Gasteiger partial charge in [-0.2, -0.15) is 0 Å². The van der Waals surface area contributed by atoms with Gasteiger partial charge in [-0.3, -0.25) is 9.59 Å². The SMILES string of the molecule is CC1(N2CCC(=O)C2=O)CCC1. The maximum absolute atomic E-state index is 11.3. The number of amides is 1. The van der Waals surface area contributed by atoms with Gasteiger partial charge in [0.1, 0.15) is 0 Å². The molecule has 0 bridgehead atoms. The first-order valence-electron chi connectivity index (χ1n) is 4.48. The maximum atomic E-state index is 11.3. The summed E-state index contributed by atoms with van der Waals surface area (Å²) in [6.07, 6.45) is 3.74. The fourth-order valence-corrected chi connectivity index (χ4v) is 2.05. The van der Waals surface area contributed by atoms with Crippen LogP contribution in [0.2, 0.25) is 0 Å². The molecule has 1 aliphatic heterocycles. The van der Waals surface area contributed by atoms with Crippen LogP contribution in [0.5, 0.6) is 0 Å². The van der Waals surface area contributed by atoms with E-state index in [-0.39, 0.29) is 17.2 Å². The Morgan fingerprint density at radius 1 is 1.33 bits per heavy atom. The van der Waals surface area contributed by atoms with E-state index < -0.39 is 0 Å². The first-order chi connectivity index (χ1) is 5.63. The predicted molar refractivity (Wildman–Crippen MR) is 43.6 cm³/mol. The molecule has 0 aromatic carbocycles. The van der Waals surface area contributed by atoms with E-state index in [1.807, 2.05) is 0 Å². The summed E-state index contributed by atoms with van der Waals surface area (Å²) in [5.41, 5.74) is 0.0171. The standard InChI is InChI=1S/C9H13NO2/c1-9(4-2-5-9)10-6-3-7(11)8(10)12/h2-6H2,1H3. The molecule has 0 N–H and O–H groups in total. The molecule has 2 rings (SSSR count). The van der Waals surface area contributed by atoms with Crippen LogP contribution in [-0.4, -0.2) is 28.7 Å². The van der Waals surface area contributed by atoms with E-state index in [9.17, 15) is 9.59 Å². The number of ketones is 1. The quantitative estimate of drug-likeness (QED) is 0.540. The van der Waals surface area contributed by atoms with Gasteiger partial charge in [0.15, 0.2) is 0 Å². The van der Waals surface area contributed by atoms with Crippen molar-refractivity contribution >= 4 is 11.7 Å². The summed E-state index contributed by atoms with van der Waals surface area (Å²) in [5.74, 6) is -0.458. The zero-order valence-corrected chi connectivity index (χ0v) is 7.30. The minimum atomic E-state index is -0.253. The summed E-state index contributed by atoms with van der Waals surface area (Å²) >= 11 is 0. The number of hydrogen-bond donors (Lipinski definition) is 0. The highest BCUT2D eigenvalue weighted by Gasteiger charge is 2.45. The minimum Gasteiger partial charge on any atom is -0.330 e. The monoisotopic (exact) mass is 167 g/mol. The molecular formula is C9H13NO2. The first kappa shape index (κ1) is 7.77. The number of carbonyl (C=O) groups is 2. The smallest absolute Gasteiger partial charge is 0.290 e. The molecule has 0 atom stereocenters. The molecule has 2 aliphatic rings. The van der Waals surface area contributed by atoms with Gasteiger partial charge in [0, 0.05) is 18.5 Å². The lowest BCUT2D eigenvalue weighted by Crippen LogP contribution is -2.52. The fraction of sp³-hybridized carbons (Fsp3) is 0.778. The molecule has 1 saturated heterocycles. The molecule has 2 fully saturated rings. The summed E-state index contributed by atoms with van der Waals surface area (Å²) in [5, 5.41) is 0. The number of rotatable bonds is 1. The van der Waals surface area contributed by atoms with E-state index in [4.69, 9.17) is 0 Å². The van der Waals surface area contributed by atoms with Crippen molar-refractivity contribution in [2.45, 2.75) is 38.1 Å². The van der Waals surface area contributed by atoms with Gasteiger partial charge in [0.05, 0.1) is 0 Å². The summed E-state index contributed by atoms with van der Waals surface area (Å²) < 4.78 is 0. The second-order valence-corrected chi connectivity index (χ2v) is 3.98. The topological polar surface area (TPSA) is 37.4 Å². The third-order valence-corrected chi connectivity index (χ3v) is 3.13. The molecule has 66 valence electrons. The molecule has 1 aliphatic carbocycles. The van der Waals surface area contributed by atoms with Crippen molar-refractivity contribution in [3.05, 3.63) is 0 Å². The first-order valence-corrected chi connectivity index (χ1v) is 4.48. The zero-order valence-electron chi connectivity index (χ0n) is 7.30. The average molecular weight is 167 g/mol. The normalized spacial score (nSPS) is 27.6. The molecule has 0 aromatic rings. The number of carbonyl (C=O) groups excluding carboxylic acids is 2. The number of likely N-dealkylation sites (tertiary alicyclic amines) is 1. The zero-order chi connectivity index (χ0) is 8.77. The molecule has 3 heteroatoms. The second-order valence-electron chi connectivity index (χ2n) is 3.98. The molecule has 1 amide bonds. The van der Waals surface area contributed by atoms with Crippen molar-refractivity contribution in [2.24, 2.45) is 0 Å². The van der Waals surface area contributed by atoms with Crippen molar-refractivity contribution in [2.75, 3.05) is 6.54 Å². The fourth-order valence-electron chi connectivity index (χ4n) is 2.05. The van der Waals surface area contributed by atoms with Crippen molar-refractivity contribution in [1.82, 2.24) is 4.90 Å². The Hall–Kier alpha value is -0.860. The van der Waals surface area contributed by atoms with Crippen LogP contribution in [0.3, 0.4) is 0 Å². The van der Waals surface area contributed by atoms with Gasteiger partial charge < -0.3 is 4.90 Å². The van der Waals surface area contributed by atoms with Gasteiger partial charge in [-0.05, 0) is 26.2 Å². The largest absolute Gasteiger partial charge is 0.330 e. The molecule has 1 saturated carbocycles. The Balaban J connectivity index is 2.14. The third kappa shape index (κ3) is 0.886. The van der Waals surface area contributed by atoms with Crippen LogP contribution in [0.4, 0.5) is 0 Å². The van der Waals surface area contributed by atoms with Crippen molar-refractivity contribution in [3.63, 3.8) is 0 Å². The van der Waals surface area contributed by atoms with Gasteiger partial charge in [-0.15, -0.1) is 0 Å². The lowest BCUT2D eigenvalue weighted by molar-refractivity contribution is -0.145. The lowest BCUT2D eigenvalue weighted by atomic mass is 9.77. The maximum Gasteiger partial charge on any atom is 0.290 e. The van der Waals surface area contributed by atoms with Crippen LogP contribution in [-0.2, 0) is 9.59 Å². The molecule has 0 unspecified atom stereocenters. The second kappa shape index (κ2) is 2.31. The van der Waals surface area contributed by atoms with Crippen LogP contribution in [0.15, 0.2) is 0 Å². The van der Waals surface area contributed by atoms with E-state index >= 15 is 0 Å². The van der Waals surface area contributed by atoms with Gasteiger partial charge >= 0.3 is 0 Å². The Bertz CT molecular complexity index is 243. The van der Waals surface area contributed by atoms with Crippen molar-refractivity contribution < 1.29 is 9.59 Å². The Morgan fingerprint density at radius 3 is 2.33 bits per heavy atom. The minimum absolute atomic E-state index is 0.0171. The number of Topliss-reactive ketones (excluding diaryl/α,β-unsaturated/α-hetero) is 1. The summed E-state index contributed by atoms with van der Waals surface area (Å²) in [6, 6.07) is 0. The van der Waals surface area contributed by atoms with Gasteiger partial charge in [0.2, 0.25) is 5.78 Å². The summed E-state index contributed by atoms with van der Waals surface area (Å²) in [4.78, 5) is 24.1. The van der Waals surface area contributed by atoms with E-state index in [1.165, 1.54) is 6.42 Å². The molecule has 1 heterocycles. The number of hydrogen-bond acceptors (Lipinski definition) is 2. The molecule has 3 nitrogen and oxygen atoms in total. The highest BCUT2D eigenvalue weighted by atomic mass is 16.2. The van der Waals surface area contributed by atoms with E-state index in [0.29, 0.717) is 13.0 Å². The van der Waals surface area contributed by atoms with Gasteiger partial charge in [0.25, 0.3) is 5.91 Å². The Kier molecular flexibility index (Phi) is 1.50. The highest BCUT2D eigenvalue weighted by Crippen LogP contribution is 2.38. The van der Waals surface area contributed by atoms with E-state index in [1.54, 1.807) is 4.90 Å². The molecular weight excluding hydrogens is 154 g/mol. The van der Waals surface area contributed by atoms with E-state index in [0.717, 1.165) is 12.8 Å². The lowest BCUT2D eigenvalue weighted by Gasteiger charge is -2.45. The molecule has 0 spiro atoms. The highest BCUT2D eigenvalue weighted by molar-refractivity contribution is 6.38. The van der Waals surface area contributed by atoms with Crippen LogP contribution >= 0.6 is 0 Å². The van der Waals surface area contributed by atoms with Crippen LogP contribution in [0, 0.1) is 0 Å². The third-order valence-electron chi connectivity index (χ3n) is 3.13. The van der Waals surface area contributed by atoms with Gasteiger partial charge in [-0.25, -0.2) is 0 Å². The Labute approximate surface area is 71.7 Å².